The molecule has 0 saturated carbocycles. The zero-order chi connectivity index (χ0) is 9.84. The van der Waals surface area contributed by atoms with Gasteiger partial charge in [0.2, 0.25) is 0 Å². The van der Waals surface area contributed by atoms with E-state index in [2.05, 4.69) is 10.3 Å². The molecule has 0 radical (unpaired) electrons. The summed E-state index contributed by atoms with van der Waals surface area (Å²) in [7, 11) is 0. The first-order valence-corrected chi connectivity index (χ1v) is 4.29. The highest BCUT2D eigenvalue weighted by atomic mass is 16.1. The molecule has 0 atom stereocenters. The van der Waals surface area contributed by atoms with E-state index in [9.17, 15) is 4.79 Å². The highest BCUT2D eigenvalue weighted by molar-refractivity contribution is 5.95. The normalized spacial score (nSPS) is 10.0. The second kappa shape index (κ2) is 3.93. The first-order chi connectivity index (χ1) is 6.20. The van der Waals surface area contributed by atoms with Gasteiger partial charge in [-0.25, -0.2) is 4.98 Å². The molecule has 1 heterocycles. The fraction of sp³-hybridized carbons (Fsp3) is 0.500. The average Bonchev–Trinajstić information content (AvgIpc) is 2.48. The highest BCUT2D eigenvalue weighted by Gasteiger charge is 2.13. The Bertz CT molecular complexity index is 305. The lowest BCUT2D eigenvalue weighted by molar-refractivity contribution is 0.0992. The molecule has 0 fully saturated rings. The van der Waals surface area contributed by atoms with Crippen molar-refractivity contribution in [2.45, 2.75) is 20.4 Å². The van der Waals surface area contributed by atoms with E-state index in [-0.39, 0.29) is 0 Å². The molecule has 13 heavy (non-hydrogen) atoms. The molecule has 1 aromatic heterocycles. The second-order valence-corrected chi connectivity index (χ2v) is 2.62. The Morgan fingerprint density at radius 2 is 2.38 bits per heavy atom. The number of imidazole rings is 1. The number of hydrogen-bond donors (Lipinski definition) is 2. The lowest BCUT2D eigenvalue weighted by atomic mass is 10.4. The highest BCUT2D eigenvalue weighted by Crippen LogP contribution is 2.12. The van der Waals surface area contributed by atoms with E-state index >= 15 is 0 Å². The zero-order valence-corrected chi connectivity index (χ0v) is 7.87. The number of aryl methyl sites for hydroxylation is 1. The van der Waals surface area contributed by atoms with Gasteiger partial charge in [0.15, 0.2) is 11.5 Å². The van der Waals surface area contributed by atoms with E-state index in [0.29, 0.717) is 18.1 Å². The Labute approximate surface area is 76.9 Å². The third-order valence-electron chi connectivity index (χ3n) is 1.76. The predicted octanol–water partition coefficient (Wildman–Crippen LogP) is 0.434. The van der Waals surface area contributed by atoms with Crippen molar-refractivity contribution < 1.29 is 4.79 Å². The second-order valence-electron chi connectivity index (χ2n) is 2.62. The number of hydrogen-bond acceptors (Lipinski definition) is 3. The van der Waals surface area contributed by atoms with Gasteiger partial charge in [0.05, 0.1) is 6.33 Å². The number of nitrogens with one attached hydrogen (secondary N) is 1. The maximum atomic E-state index is 11.1. The average molecular weight is 182 g/mol. The molecule has 0 aliphatic heterocycles. The SMILES string of the molecule is CCNc1ncn(CC)c1C(N)=O. The van der Waals surface area contributed by atoms with Gasteiger partial charge in [-0.1, -0.05) is 0 Å². The van der Waals surface area contributed by atoms with Crippen LogP contribution in [0.15, 0.2) is 6.33 Å². The van der Waals surface area contributed by atoms with Crippen molar-refractivity contribution in [3.8, 4) is 0 Å². The standard InChI is InChI=1S/C8H14N4O/c1-3-10-8-6(7(9)13)12(4-2)5-11-8/h5,10H,3-4H2,1-2H3,(H2,9,13). The molecular formula is C8H14N4O. The number of aromatic nitrogens is 2. The van der Waals surface area contributed by atoms with Crippen molar-refractivity contribution in [3.05, 3.63) is 12.0 Å². The van der Waals surface area contributed by atoms with E-state index in [1.165, 1.54) is 0 Å². The van der Waals surface area contributed by atoms with Crippen molar-refractivity contribution in [3.63, 3.8) is 0 Å². The Morgan fingerprint density at radius 1 is 1.69 bits per heavy atom. The van der Waals surface area contributed by atoms with Crippen LogP contribution in [0.5, 0.6) is 0 Å². The van der Waals surface area contributed by atoms with E-state index in [0.717, 1.165) is 6.54 Å². The largest absolute Gasteiger partial charge is 0.368 e. The van der Waals surface area contributed by atoms with Crippen LogP contribution >= 0.6 is 0 Å². The van der Waals surface area contributed by atoms with Gasteiger partial charge in [-0.15, -0.1) is 0 Å². The summed E-state index contributed by atoms with van der Waals surface area (Å²) in [4.78, 5) is 15.1. The number of primary amides is 1. The van der Waals surface area contributed by atoms with Gasteiger partial charge < -0.3 is 15.6 Å². The summed E-state index contributed by atoms with van der Waals surface area (Å²) in [5, 5.41) is 2.98. The smallest absolute Gasteiger partial charge is 0.269 e. The van der Waals surface area contributed by atoms with Gasteiger partial charge in [0.1, 0.15) is 0 Å². The first kappa shape index (κ1) is 9.57. The summed E-state index contributed by atoms with van der Waals surface area (Å²) in [6.45, 7) is 5.29. The van der Waals surface area contributed by atoms with Crippen LogP contribution in [0.3, 0.4) is 0 Å². The summed E-state index contributed by atoms with van der Waals surface area (Å²) in [6, 6.07) is 0. The molecule has 5 nitrogen and oxygen atoms in total. The first-order valence-electron chi connectivity index (χ1n) is 4.29. The third kappa shape index (κ3) is 1.80. The number of amides is 1. The number of rotatable bonds is 4. The molecular weight excluding hydrogens is 168 g/mol. The van der Waals surface area contributed by atoms with Gasteiger partial charge in [0, 0.05) is 13.1 Å². The van der Waals surface area contributed by atoms with Crippen LogP contribution in [0.1, 0.15) is 24.3 Å². The number of nitrogens with two attached hydrogens (primary N) is 1. The molecule has 72 valence electrons. The molecule has 0 aliphatic rings. The number of carbonyl (C=O) groups excluding carboxylic acids is 1. The van der Waals surface area contributed by atoms with Crippen molar-refractivity contribution in [1.29, 1.82) is 0 Å². The molecule has 0 aromatic carbocycles. The molecule has 0 aliphatic carbocycles. The van der Waals surface area contributed by atoms with E-state index < -0.39 is 5.91 Å². The minimum atomic E-state index is -0.449. The van der Waals surface area contributed by atoms with E-state index in [4.69, 9.17) is 5.73 Å². The van der Waals surface area contributed by atoms with Gasteiger partial charge in [-0.05, 0) is 13.8 Å². The summed E-state index contributed by atoms with van der Waals surface area (Å²) < 4.78 is 1.72. The fourth-order valence-corrected chi connectivity index (χ4v) is 1.18. The molecule has 1 amide bonds. The maximum absolute atomic E-state index is 11.1. The minimum Gasteiger partial charge on any atom is -0.368 e. The van der Waals surface area contributed by atoms with Gasteiger partial charge in [-0.2, -0.15) is 0 Å². The lowest BCUT2D eigenvalue weighted by Crippen LogP contribution is -2.18. The number of anilines is 1. The molecule has 5 heteroatoms. The monoisotopic (exact) mass is 182 g/mol. The molecule has 1 aromatic rings. The Morgan fingerprint density at radius 3 is 2.85 bits per heavy atom. The Kier molecular flexibility index (Phi) is 2.89. The zero-order valence-electron chi connectivity index (χ0n) is 7.87. The van der Waals surface area contributed by atoms with Crippen LogP contribution in [0.4, 0.5) is 5.82 Å². The summed E-state index contributed by atoms with van der Waals surface area (Å²) >= 11 is 0. The van der Waals surface area contributed by atoms with Crippen LogP contribution in [0.2, 0.25) is 0 Å². The number of nitrogens with zero attached hydrogens (tertiary/aromatic N) is 2. The molecule has 0 bridgehead atoms. The summed E-state index contributed by atoms with van der Waals surface area (Å²) in [6.07, 6.45) is 1.61. The Hall–Kier alpha value is -1.52. The van der Waals surface area contributed by atoms with Crippen molar-refractivity contribution in [2.75, 3.05) is 11.9 Å². The third-order valence-corrected chi connectivity index (χ3v) is 1.76. The van der Waals surface area contributed by atoms with E-state index in [1.807, 2.05) is 13.8 Å². The quantitative estimate of drug-likeness (QED) is 0.709. The predicted molar refractivity (Wildman–Crippen MR) is 50.6 cm³/mol. The van der Waals surface area contributed by atoms with Crippen LogP contribution in [0, 0.1) is 0 Å². The van der Waals surface area contributed by atoms with Gasteiger partial charge in [-0.3, -0.25) is 4.79 Å². The Balaban J connectivity index is 3.06. The lowest BCUT2D eigenvalue weighted by Gasteiger charge is -2.04. The van der Waals surface area contributed by atoms with Crippen LogP contribution in [0.25, 0.3) is 0 Å². The summed E-state index contributed by atoms with van der Waals surface area (Å²) in [5.74, 6) is 0.118. The van der Waals surface area contributed by atoms with Crippen molar-refractivity contribution >= 4 is 11.7 Å². The van der Waals surface area contributed by atoms with Crippen LogP contribution in [-0.4, -0.2) is 22.0 Å². The summed E-state index contributed by atoms with van der Waals surface area (Å²) in [5.41, 5.74) is 5.67. The molecule has 3 N–H and O–H groups in total. The van der Waals surface area contributed by atoms with E-state index in [1.54, 1.807) is 10.9 Å². The molecule has 1 rings (SSSR count). The number of carbonyl (C=O) groups is 1. The van der Waals surface area contributed by atoms with Gasteiger partial charge in [0.25, 0.3) is 5.91 Å². The van der Waals surface area contributed by atoms with Gasteiger partial charge >= 0.3 is 0 Å². The molecule has 0 saturated heterocycles. The van der Waals surface area contributed by atoms with Crippen LogP contribution in [-0.2, 0) is 6.54 Å². The van der Waals surface area contributed by atoms with Crippen molar-refractivity contribution in [1.82, 2.24) is 9.55 Å². The van der Waals surface area contributed by atoms with Crippen LogP contribution < -0.4 is 11.1 Å². The minimum absolute atomic E-state index is 0.448. The van der Waals surface area contributed by atoms with Crippen molar-refractivity contribution in [2.24, 2.45) is 5.73 Å². The molecule has 0 spiro atoms. The topological polar surface area (TPSA) is 72.9 Å². The fourth-order valence-electron chi connectivity index (χ4n) is 1.18. The maximum Gasteiger partial charge on any atom is 0.269 e. The molecule has 0 unspecified atom stereocenters.